The number of halogens is 2. The van der Waals surface area contributed by atoms with Gasteiger partial charge in [-0.3, -0.25) is 0 Å². The highest BCUT2D eigenvalue weighted by atomic mass is 19.3. The van der Waals surface area contributed by atoms with Crippen molar-refractivity contribution in [2.75, 3.05) is 13.7 Å². The molecule has 0 bridgehead atoms. The minimum Gasteiger partial charge on any atom is -0.497 e. The van der Waals surface area contributed by atoms with Crippen LogP contribution >= 0.6 is 0 Å². The van der Waals surface area contributed by atoms with E-state index in [1.54, 1.807) is 12.0 Å². The Morgan fingerprint density at radius 2 is 1.85 bits per heavy atom. The molecule has 1 aliphatic heterocycles. The maximum atomic E-state index is 12.8. The molecule has 2 rings (SSSR count). The third kappa shape index (κ3) is 2.90. The number of hydrogen-bond donors (Lipinski definition) is 0. The average Bonchev–Trinajstić information content (AvgIpc) is 2.44. The number of alkyl halides is 2. The highest BCUT2D eigenvalue weighted by molar-refractivity contribution is 5.71. The van der Waals surface area contributed by atoms with Crippen LogP contribution in [0.3, 0.4) is 0 Å². The van der Waals surface area contributed by atoms with Crippen molar-refractivity contribution in [1.82, 2.24) is 4.90 Å². The van der Waals surface area contributed by atoms with Crippen molar-refractivity contribution >= 4 is 5.70 Å². The van der Waals surface area contributed by atoms with Crippen LogP contribution in [0.5, 0.6) is 5.75 Å². The summed E-state index contributed by atoms with van der Waals surface area (Å²) in [7, 11) is 1.59. The summed E-state index contributed by atoms with van der Waals surface area (Å²) >= 11 is 0. The van der Waals surface area contributed by atoms with E-state index in [0.717, 1.165) is 22.6 Å². The smallest absolute Gasteiger partial charge is 0.256 e. The molecule has 1 heterocycles. The summed E-state index contributed by atoms with van der Waals surface area (Å²) in [5.41, 5.74) is 3.08. The Labute approximate surface area is 117 Å². The molecule has 0 aliphatic carbocycles. The SMILES string of the molecule is C=C1C(C)=CC=C(c2ccc(OC)cc2)N1CC(F)F. The van der Waals surface area contributed by atoms with Crippen LogP contribution in [-0.2, 0) is 0 Å². The summed E-state index contributed by atoms with van der Waals surface area (Å²) in [6.45, 7) is 5.40. The van der Waals surface area contributed by atoms with Gasteiger partial charge in [-0.05, 0) is 48.4 Å². The van der Waals surface area contributed by atoms with Crippen molar-refractivity contribution in [3.05, 3.63) is 59.8 Å². The number of nitrogens with zero attached hydrogens (tertiary/aromatic N) is 1. The second-order valence-corrected chi connectivity index (χ2v) is 4.58. The van der Waals surface area contributed by atoms with Gasteiger partial charge in [0.05, 0.1) is 13.7 Å². The molecule has 0 saturated carbocycles. The lowest BCUT2D eigenvalue weighted by molar-refractivity contribution is 0.123. The Morgan fingerprint density at radius 1 is 1.20 bits per heavy atom. The molecule has 0 fully saturated rings. The zero-order valence-electron chi connectivity index (χ0n) is 11.6. The average molecular weight is 277 g/mol. The lowest BCUT2D eigenvalue weighted by atomic mass is 10.0. The van der Waals surface area contributed by atoms with Crippen LogP contribution in [0.4, 0.5) is 8.78 Å². The first-order valence-electron chi connectivity index (χ1n) is 6.31. The van der Waals surface area contributed by atoms with Gasteiger partial charge in [-0.25, -0.2) is 8.78 Å². The van der Waals surface area contributed by atoms with Crippen molar-refractivity contribution in [1.29, 1.82) is 0 Å². The van der Waals surface area contributed by atoms with Crippen molar-refractivity contribution in [3.8, 4) is 5.75 Å². The summed E-state index contributed by atoms with van der Waals surface area (Å²) in [6, 6.07) is 7.32. The predicted molar refractivity (Wildman–Crippen MR) is 76.6 cm³/mol. The van der Waals surface area contributed by atoms with Gasteiger partial charge in [0, 0.05) is 11.4 Å². The molecule has 0 aromatic heterocycles. The third-order valence-corrected chi connectivity index (χ3v) is 3.27. The van der Waals surface area contributed by atoms with Crippen LogP contribution in [0.15, 0.2) is 54.3 Å². The Kier molecular flexibility index (Phi) is 4.23. The van der Waals surface area contributed by atoms with E-state index in [1.165, 1.54) is 0 Å². The van der Waals surface area contributed by atoms with Gasteiger partial charge in [0.15, 0.2) is 0 Å². The van der Waals surface area contributed by atoms with Crippen LogP contribution in [0.25, 0.3) is 5.70 Å². The minimum atomic E-state index is -2.42. The molecule has 0 saturated heterocycles. The molecule has 0 radical (unpaired) electrons. The molecular formula is C16H17F2NO. The number of hydrogen-bond acceptors (Lipinski definition) is 2. The second kappa shape index (κ2) is 5.90. The van der Waals surface area contributed by atoms with Crippen molar-refractivity contribution in [3.63, 3.8) is 0 Å². The predicted octanol–water partition coefficient (Wildman–Crippen LogP) is 4.08. The first-order chi connectivity index (χ1) is 9.52. The quantitative estimate of drug-likeness (QED) is 0.822. The normalized spacial score (nSPS) is 15.2. The van der Waals surface area contributed by atoms with Gasteiger partial charge in [0.2, 0.25) is 0 Å². The topological polar surface area (TPSA) is 12.5 Å². The Bertz CT molecular complexity index is 558. The van der Waals surface area contributed by atoms with Gasteiger partial charge < -0.3 is 9.64 Å². The summed E-state index contributed by atoms with van der Waals surface area (Å²) in [4.78, 5) is 1.56. The van der Waals surface area contributed by atoms with E-state index in [2.05, 4.69) is 6.58 Å². The first-order valence-corrected chi connectivity index (χ1v) is 6.31. The van der Waals surface area contributed by atoms with Crippen molar-refractivity contribution in [2.45, 2.75) is 13.3 Å². The Hall–Kier alpha value is -2.10. The van der Waals surface area contributed by atoms with Crippen LogP contribution in [0.2, 0.25) is 0 Å². The molecule has 1 aromatic carbocycles. The van der Waals surface area contributed by atoms with Gasteiger partial charge >= 0.3 is 0 Å². The number of allylic oxidation sites excluding steroid dienone is 3. The van der Waals surface area contributed by atoms with E-state index in [1.807, 2.05) is 43.3 Å². The van der Waals surface area contributed by atoms with Crippen LogP contribution in [-0.4, -0.2) is 25.0 Å². The molecular weight excluding hydrogens is 260 g/mol. The van der Waals surface area contributed by atoms with Gasteiger partial charge in [-0.2, -0.15) is 0 Å². The van der Waals surface area contributed by atoms with E-state index < -0.39 is 6.43 Å². The largest absolute Gasteiger partial charge is 0.497 e. The van der Waals surface area contributed by atoms with Crippen LogP contribution in [0.1, 0.15) is 12.5 Å². The molecule has 0 spiro atoms. The Morgan fingerprint density at radius 3 is 2.40 bits per heavy atom. The number of benzene rings is 1. The second-order valence-electron chi connectivity index (χ2n) is 4.58. The fraction of sp³-hybridized carbons (Fsp3) is 0.250. The van der Waals surface area contributed by atoms with E-state index in [9.17, 15) is 8.78 Å². The first kappa shape index (κ1) is 14.3. The molecule has 1 aliphatic rings. The lowest BCUT2D eigenvalue weighted by Crippen LogP contribution is -2.28. The molecule has 0 amide bonds. The molecule has 20 heavy (non-hydrogen) atoms. The zero-order valence-corrected chi connectivity index (χ0v) is 11.6. The van der Waals surface area contributed by atoms with Gasteiger partial charge in [0.25, 0.3) is 6.43 Å². The summed E-state index contributed by atoms with van der Waals surface area (Å²) in [5.74, 6) is 0.733. The molecule has 106 valence electrons. The van der Waals surface area contributed by atoms with Crippen molar-refractivity contribution < 1.29 is 13.5 Å². The van der Waals surface area contributed by atoms with Crippen LogP contribution < -0.4 is 4.74 Å². The van der Waals surface area contributed by atoms with Gasteiger partial charge in [-0.15, -0.1) is 0 Å². The van der Waals surface area contributed by atoms with Gasteiger partial charge in [-0.1, -0.05) is 12.7 Å². The minimum absolute atomic E-state index is 0.359. The number of ether oxygens (including phenoxy) is 1. The fourth-order valence-electron chi connectivity index (χ4n) is 2.11. The van der Waals surface area contributed by atoms with Gasteiger partial charge in [0.1, 0.15) is 5.75 Å². The van der Waals surface area contributed by atoms with Crippen LogP contribution in [0, 0.1) is 0 Å². The standard InChI is InChI=1S/C16H17F2NO/c1-11-4-9-15(19(12(11)2)10-16(17)18)13-5-7-14(20-3)8-6-13/h4-9,16H,2,10H2,1,3H3. The summed E-state index contributed by atoms with van der Waals surface area (Å²) in [6.07, 6.45) is 1.32. The monoisotopic (exact) mass is 277 g/mol. The molecule has 0 atom stereocenters. The van der Waals surface area contributed by atoms with E-state index in [4.69, 9.17) is 4.74 Å². The fourth-order valence-corrected chi connectivity index (χ4v) is 2.11. The summed E-state index contributed by atoms with van der Waals surface area (Å²) in [5, 5.41) is 0. The highest BCUT2D eigenvalue weighted by Crippen LogP contribution is 2.31. The third-order valence-electron chi connectivity index (χ3n) is 3.27. The Balaban J connectivity index is 2.36. The molecule has 1 aromatic rings. The number of rotatable bonds is 4. The zero-order chi connectivity index (χ0) is 14.7. The summed E-state index contributed by atoms with van der Waals surface area (Å²) < 4.78 is 30.7. The maximum Gasteiger partial charge on any atom is 0.256 e. The molecule has 2 nitrogen and oxygen atoms in total. The maximum absolute atomic E-state index is 12.8. The highest BCUT2D eigenvalue weighted by Gasteiger charge is 2.22. The van der Waals surface area contributed by atoms with E-state index in [-0.39, 0.29) is 6.54 Å². The van der Waals surface area contributed by atoms with E-state index >= 15 is 0 Å². The van der Waals surface area contributed by atoms with E-state index in [0.29, 0.717) is 5.70 Å². The van der Waals surface area contributed by atoms with Crippen molar-refractivity contribution in [2.24, 2.45) is 0 Å². The molecule has 4 heteroatoms. The number of methoxy groups -OCH3 is 1. The molecule has 0 N–H and O–H groups in total. The molecule has 0 unspecified atom stereocenters. The lowest BCUT2D eigenvalue weighted by Gasteiger charge is -2.32.